The first-order valence-corrected chi connectivity index (χ1v) is 7.75. The molecule has 1 atom stereocenters. The zero-order chi connectivity index (χ0) is 13.5. The molecule has 0 spiro atoms. The summed E-state index contributed by atoms with van der Waals surface area (Å²) in [6, 6.07) is 5.78. The highest BCUT2D eigenvalue weighted by Crippen LogP contribution is 2.24. The number of thioether (sulfide) groups is 1. The Morgan fingerprint density at radius 2 is 2.11 bits per heavy atom. The van der Waals surface area contributed by atoms with Crippen LogP contribution in [0.25, 0.3) is 0 Å². The molecule has 1 N–H and O–H groups in total. The van der Waals surface area contributed by atoms with Gasteiger partial charge in [0, 0.05) is 11.8 Å². The lowest BCUT2D eigenvalue weighted by molar-refractivity contribution is -0.119. The molecule has 0 heterocycles. The van der Waals surface area contributed by atoms with Crippen molar-refractivity contribution in [2.75, 3.05) is 5.75 Å². The summed E-state index contributed by atoms with van der Waals surface area (Å²) in [6.07, 6.45) is 0.948. The van der Waals surface area contributed by atoms with Crippen LogP contribution in [-0.2, 0) is 10.5 Å². The minimum Gasteiger partial charge on any atom is -0.353 e. The maximum Gasteiger partial charge on any atom is 0.230 e. The van der Waals surface area contributed by atoms with Crippen molar-refractivity contribution in [1.82, 2.24) is 5.32 Å². The number of nitrogens with one attached hydrogen (secondary N) is 1. The van der Waals surface area contributed by atoms with Crippen LogP contribution >= 0.6 is 35.0 Å². The average Bonchev–Trinajstić information content (AvgIpc) is 2.33. The summed E-state index contributed by atoms with van der Waals surface area (Å²) in [5.41, 5.74) is 1.07. The first-order valence-electron chi connectivity index (χ1n) is 5.84. The maximum atomic E-state index is 11.5. The third kappa shape index (κ3) is 5.51. The fourth-order valence-electron chi connectivity index (χ4n) is 1.31. The van der Waals surface area contributed by atoms with E-state index in [2.05, 4.69) is 5.32 Å². The molecule has 100 valence electrons. The average molecular weight is 306 g/mol. The summed E-state index contributed by atoms with van der Waals surface area (Å²) in [7, 11) is 0. The minimum atomic E-state index is 0.0782. The van der Waals surface area contributed by atoms with Gasteiger partial charge in [-0.1, -0.05) is 36.2 Å². The van der Waals surface area contributed by atoms with E-state index in [0.717, 1.165) is 17.7 Å². The summed E-state index contributed by atoms with van der Waals surface area (Å²) < 4.78 is 0. The van der Waals surface area contributed by atoms with Gasteiger partial charge in [0.15, 0.2) is 0 Å². The SMILES string of the molecule is CC[C@@H](C)NC(=O)CSCc1ccc(Cl)c(Cl)c1. The quantitative estimate of drug-likeness (QED) is 0.856. The van der Waals surface area contributed by atoms with Gasteiger partial charge >= 0.3 is 0 Å². The van der Waals surface area contributed by atoms with Crippen LogP contribution in [0, 0.1) is 0 Å². The lowest BCUT2D eigenvalue weighted by Gasteiger charge is -2.11. The van der Waals surface area contributed by atoms with Crippen LogP contribution in [0.4, 0.5) is 0 Å². The van der Waals surface area contributed by atoms with Crippen LogP contribution in [0.2, 0.25) is 10.0 Å². The molecule has 0 saturated carbocycles. The molecule has 1 rings (SSSR count). The predicted molar refractivity (Wildman–Crippen MR) is 80.5 cm³/mol. The smallest absolute Gasteiger partial charge is 0.230 e. The van der Waals surface area contributed by atoms with Crippen LogP contribution in [0.5, 0.6) is 0 Å². The number of benzene rings is 1. The van der Waals surface area contributed by atoms with Crippen LogP contribution in [-0.4, -0.2) is 17.7 Å². The number of hydrogen-bond donors (Lipinski definition) is 1. The van der Waals surface area contributed by atoms with Crippen LogP contribution in [0.1, 0.15) is 25.8 Å². The largest absolute Gasteiger partial charge is 0.353 e. The third-order valence-electron chi connectivity index (χ3n) is 2.51. The number of halogens is 2. The van der Waals surface area contributed by atoms with E-state index in [0.29, 0.717) is 15.8 Å². The normalized spacial score (nSPS) is 12.2. The zero-order valence-electron chi connectivity index (χ0n) is 10.5. The summed E-state index contributed by atoms with van der Waals surface area (Å²) in [5, 5.41) is 4.04. The lowest BCUT2D eigenvalue weighted by Crippen LogP contribution is -2.33. The number of hydrogen-bond acceptors (Lipinski definition) is 2. The molecule has 1 amide bonds. The van der Waals surface area contributed by atoms with E-state index >= 15 is 0 Å². The minimum absolute atomic E-state index is 0.0782. The van der Waals surface area contributed by atoms with Crippen molar-refractivity contribution < 1.29 is 4.79 Å². The van der Waals surface area contributed by atoms with E-state index in [1.165, 1.54) is 0 Å². The Balaban J connectivity index is 2.33. The predicted octanol–water partition coefficient (Wildman–Crippen LogP) is 4.14. The van der Waals surface area contributed by atoms with Crippen molar-refractivity contribution in [2.24, 2.45) is 0 Å². The van der Waals surface area contributed by atoms with Gasteiger partial charge in [0.05, 0.1) is 15.8 Å². The maximum absolute atomic E-state index is 11.5. The molecule has 1 aromatic rings. The Bertz CT molecular complexity index is 412. The summed E-state index contributed by atoms with van der Waals surface area (Å²) in [6.45, 7) is 4.05. The van der Waals surface area contributed by atoms with Crippen molar-refractivity contribution in [3.63, 3.8) is 0 Å². The van der Waals surface area contributed by atoms with Crippen molar-refractivity contribution in [3.8, 4) is 0 Å². The molecule has 2 nitrogen and oxygen atoms in total. The standard InChI is InChI=1S/C13H17Cl2NOS/c1-3-9(2)16-13(17)8-18-7-10-4-5-11(14)12(15)6-10/h4-6,9H,3,7-8H2,1-2H3,(H,16,17)/t9-/m1/s1. The van der Waals surface area contributed by atoms with Crippen molar-refractivity contribution in [3.05, 3.63) is 33.8 Å². The second-order valence-corrected chi connectivity index (χ2v) is 5.92. The van der Waals surface area contributed by atoms with Gasteiger partial charge in [-0.3, -0.25) is 4.79 Å². The topological polar surface area (TPSA) is 29.1 Å². The van der Waals surface area contributed by atoms with Crippen LogP contribution < -0.4 is 5.32 Å². The molecule has 0 radical (unpaired) electrons. The Labute approximate surface area is 122 Å². The Morgan fingerprint density at radius 3 is 2.72 bits per heavy atom. The highest BCUT2D eigenvalue weighted by Gasteiger charge is 2.06. The first-order chi connectivity index (χ1) is 8.52. The fraction of sp³-hybridized carbons (Fsp3) is 0.462. The van der Waals surface area contributed by atoms with Crippen molar-refractivity contribution in [1.29, 1.82) is 0 Å². The van der Waals surface area contributed by atoms with Gasteiger partial charge in [0.25, 0.3) is 0 Å². The third-order valence-corrected chi connectivity index (χ3v) is 4.25. The van der Waals surface area contributed by atoms with Gasteiger partial charge in [0.1, 0.15) is 0 Å². The van der Waals surface area contributed by atoms with E-state index < -0.39 is 0 Å². The van der Waals surface area contributed by atoms with Gasteiger partial charge < -0.3 is 5.32 Å². The molecule has 0 aliphatic rings. The van der Waals surface area contributed by atoms with Crippen molar-refractivity contribution >= 4 is 40.9 Å². The number of carbonyl (C=O) groups excluding carboxylic acids is 1. The summed E-state index contributed by atoms with van der Waals surface area (Å²) >= 11 is 13.3. The first kappa shape index (κ1) is 15.7. The number of amides is 1. The number of rotatable bonds is 6. The van der Waals surface area contributed by atoms with Gasteiger partial charge in [-0.15, -0.1) is 11.8 Å². The Morgan fingerprint density at radius 1 is 1.39 bits per heavy atom. The number of carbonyl (C=O) groups is 1. The Hall–Kier alpha value is -0.380. The fourth-order valence-corrected chi connectivity index (χ4v) is 2.42. The molecule has 0 aliphatic heterocycles. The second-order valence-electron chi connectivity index (χ2n) is 4.12. The van der Waals surface area contributed by atoms with Crippen LogP contribution in [0.3, 0.4) is 0 Å². The highest BCUT2D eigenvalue weighted by molar-refractivity contribution is 7.99. The molecular formula is C13H17Cl2NOS. The summed E-state index contributed by atoms with van der Waals surface area (Å²) in [5.74, 6) is 1.30. The molecule has 18 heavy (non-hydrogen) atoms. The zero-order valence-corrected chi connectivity index (χ0v) is 12.8. The molecule has 0 saturated heterocycles. The monoisotopic (exact) mass is 305 g/mol. The molecule has 5 heteroatoms. The second kappa shape index (κ2) is 7.93. The summed E-state index contributed by atoms with van der Waals surface area (Å²) in [4.78, 5) is 11.5. The van der Waals surface area contributed by atoms with Crippen molar-refractivity contribution in [2.45, 2.75) is 32.1 Å². The molecule has 1 aromatic carbocycles. The van der Waals surface area contributed by atoms with Gasteiger partial charge in [0.2, 0.25) is 5.91 Å². The molecular weight excluding hydrogens is 289 g/mol. The van der Waals surface area contributed by atoms with Gasteiger partial charge in [-0.05, 0) is 31.0 Å². The molecule has 0 fully saturated rings. The van der Waals surface area contributed by atoms with Gasteiger partial charge in [-0.2, -0.15) is 0 Å². The Kier molecular flexibility index (Phi) is 6.90. The van der Waals surface area contributed by atoms with E-state index in [-0.39, 0.29) is 11.9 Å². The van der Waals surface area contributed by atoms with E-state index in [1.807, 2.05) is 26.0 Å². The van der Waals surface area contributed by atoms with Crippen LogP contribution in [0.15, 0.2) is 18.2 Å². The lowest BCUT2D eigenvalue weighted by atomic mass is 10.2. The van der Waals surface area contributed by atoms with E-state index in [1.54, 1.807) is 17.8 Å². The molecule has 0 bridgehead atoms. The van der Waals surface area contributed by atoms with Gasteiger partial charge in [-0.25, -0.2) is 0 Å². The molecule has 0 unspecified atom stereocenters. The van der Waals surface area contributed by atoms with E-state index in [4.69, 9.17) is 23.2 Å². The van der Waals surface area contributed by atoms with E-state index in [9.17, 15) is 4.79 Å². The molecule has 0 aromatic heterocycles. The molecule has 0 aliphatic carbocycles. The highest BCUT2D eigenvalue weighted by atomic mass is 35.5.